The molecule has 0 aromatic rings. The van der Waals surface area contributed by atoms with Crippen molar-refractivity contribution >= 4 is 11.7 Å². The van der Waals surface area contributed by atoms with Gasteiger partial charge in [-0.05, 0) is 6.92 Å². The molecule has 98 valence electrons. The Kier molecular flexibility index (Phi) is 5.17. The third-order valence-electron chi connectivity index (χ3n) is 2.73. The van der Waals surface area contributed by atoms with E-state index in [1.165, 1.54) is 4.90 Å². The fraction of sp³-hybridized carbons (Fsp3) is 0.800. The molecule has 0 aromatic carbocycles. The van der Waals surface area contributed by atoms with Gasteiger partial charge in [-0.15, -0.1) is 0 Å². The van der Waals surface area contributed by atoms with E-state index in [-0.39, 0.29) is 24.4 Å². The molecule has 7 nitrogen and oxygen atoms in total. The van der Waals surface area contributed by atoms with Gasteiger partial charge in [-0.3, -0.25) is 4.79 Å². The largest absolute Gasteiger partial charge is 0.409 e. The summed E-state index contributed by atoms with van der Waals surface area (Å²) in [4.78, 5) is 13.5. The molecule has 17 heavy (non-hydrogen) atoms. The lowest BCUT2D eigenvalue weighted by atomic mass is 10.2. The van der Waals surface area contributed by atoms with Gasteiger partial charge >= 0.3 is 0 Å². The van der Waals surface area contributed by atoms with Crippen LogP contribution in [0.1, 0.15) is 13.3 Å². The Balaban J connectivity index is 2.49. The first kappa shape index (κ1) is 13.7. The van der Waals surface area contributed by atoms with E-state index in [0.717, 1.165) is 0 Å². The van der Waals surface area contributed by atoms with Gasteiger partial charge in [-0.2, -0.15) is 0 Å². The first-order chi connectivity index (χ1) is 8.06. The second-order valence-electron chi connectivity index (χ2n) is 4.03. The average molecular weight is 245 g/mol. The number of ether oxygens (including phenoxy) is 2. The lowest BCUT2D eigenvalue weighted by Gasteiger charge is -2.30. The van der Waals surface area contributed by atoms with Crippen molar-refractivity contribution in [3.63, 3.8) is 0 Å². The molecule has 3 N–H and O–H groups in total. The molecule has 1 amide bonds. The van der Waals surface area contributed by atoms with Crippen LogP contribution < -0.4 is 5.73 Å². The second kappa shape index (κ2) is 6.41. The zero-order valence-electron chi connectivity index (χ0n) is 10.1. The molecule has 1 heterocycles. The number of carbonyl (C=O) groups is 1. The summed E-state index contributed by atoms with van der Waals surface area (Å²) in [5, 5.41) is 11.4. The highest BCUT2D eigenvalue weighted by Gasteiger charge is 2.28. The standard InChI is InChI=1S/C10H19N3O4/c1-7(5-9(11)12-15)13(2)10(14)8-6-16-3-4-17-8/h7-8,15H,3-6H2,1-2H3,(H2,11,12). The van der Waals surface area contributed by atoms with Crippen LogP contribution in [0.15, 0.2) is 5.16 Å². The van der Waals surface area contributed by atoms with Gasteiger partial charge in [0.25, 0.3) is 5.91 Å². The lowest BCUT2D eigenvalue weighted by molar-refractivity contribution is -0.158. The van der Waals surface area contributed by atoms with Crippen molar-refractivity contribution in [2.24, 2.45) is 10.9 Å². The predicted octanol–water partition coefficient (Wildman–Crippen LogP) is -0.615. The van der Waals surface area contributed by atoms with Gasteiger partial charge in [0.1, 0.15) is 5.84 Å². The monoisotopic (exact) mass is 245 g/mol. The smallest absolute Gasteiger partial charge is 0.254 e. The van der Waals surface area contributed by atoms with Gasteiger partial charge < -0.3 is 25.3 Å². The van der Waals surface area contributed by atoms with Gasteiger partial charge in [0.2, 0.25) is 0 Å². The molecule has 1 aliphatic rings. The van der Waals surface area contributed by atoms with Gasteiger partial charge in [-0.1, -0.05) is 5.16 Å². The molecule has 2 atom stereocenters. The quantitative estimate of drug-likeness (QED) is 0.298. The number of amides is 1. The maximum atomic E-state index is 12.0. The highest BCUT2D eigenvalue weighted by atomic mass is 16.6. The number of hydrogen-bond acceptors (Lipinski definition) is 5. The Morgan fingerprint density at radius 1 is 1.65 bits per heavy atom. The van der Waals surface area contributed by atoms with Crippen molar-refractivity contribution < 1.29 is 19.5 Å². The van der Waals surface area contributed by atoms with E-state index in [0.29, 0.717) is 19.6 Å². The van der Waals surface area contributed by atoms with E-state index in [2.05, 4.69) is 5.16 Å². The molecule has 2 unspecified atom stereocenters. The fourth-order valence-corrected chi connectivity index (χ4v) is 1.56. The Morgan fingerprint density at radius 2 is 2.35 bits per heavy atom. The van der Waals surface area contributed by atoms with Crippen LogP contribution in [0.5, 0.6) is 0 Å². The van der Waals surface area contributed by atoms with E-state index >= 15 is 0 Å². The maximum absolute atomic E-state index is 12.0. The highest BCUT2D eigenvalue weighted by Crippen LogP contribution is 2.09. The molecule has 0 aromatic heterocycles. The van der Waals surface area contributed by atoms with E-state index in [9.17, 15) is 4.79 Å². The first-order valence-electron chi connectivity index (χ1n) is 5.48. The minimum Gasteiger partial charge on any atom is -0.409 e. The van der Waals surface area contributed by atoms with Crippen molar-refractivity contribution in [2.45, 2.75) is 25.5 Å². The summed E-state index contributed by atoms with van der Waals surface area (Å²) in [6.45, 7) is 3.05. The van der Waals surface area contributed by atoms with Gasteiger partial charge in [0.05, 0.1) is 19.8 Å². The number of likely N-dealkylation sites (N-methyl/N-ethyl adjacent to an activating group) is 1. The molecule has 0 saturated carbocycles. The summed E-state index contributed by atoms with van der Waals surface area (Å²) in [6, 6.07) is -0.163. The van der Waals surface area contributed by atoms with Crippen molar-refractivity contribution in [1.29, 1.82) is 0 Å². The lowest BCUT2D eigenvalue weighted by Crippen LogP contribution is -2.47. The Morgan fingerprint density at radius 3 is 2.88 bits per heavy atom. The number of hydrogen-bond donors (Lipinski definition) is 2. The topological polar surface area (TPSA) is 97.4 Å². The van der Waals surface area contributed by atoms with E-state index in [1.54, 1.807) is 7.05 Å². The van der Waals surface area contributed by atoms with Gasteiger partial charge in [-0.25, -0.2) is 0 Å². The molecule has 1 fully saturated rings. The molecular weight excluding hydrogens is 226 g/mol. The molecule has 1 rings (SSSR count). The number of nitrogens with two attached hydrogens (primary N) is 1. The Labute approximate surface area is 100 Å². The Hall–Kier alpha value is -1.34. The van der Waals surface area contributed by atoms with Crippen molar-refractivity contribution in [2.75, 3.05) is 26.9 Å². The molecule has 1 aliphatic heterocycles. The van der Waals surface area contributed by atoms with Crippen LogP contribution in [0.2, 0.25) is 0 Å². The average Bonchev–Trinajstić information content (AvgIpc) is 2.37. The summed E-state index contributed by atoms with van der Waals surface area (Å²) >= 11 is 0. The highest BCUT2D eigenvalue weighted by molar-refractivity contribution is 5.83. The number of amidine groups is 1. The van der Waals surface area contributed by atoms with Crippen molar-refractivity contribution in [3.05, 3.63) is 0 Å². The van der Waals surface area contributed by atoms with Gasteiger partial charge in [0, 0.05) is 19.5 Å². The SMILES string of the molecule is CC(CC(N)=NO)N(C)C(=O)C1COCCO1. The summed E-state index contributed by atoms with van der Waals surface area (Å²) < 4.78 is 10.5. The molecule has 0 spiro atoms. The molecular formula is C10H19N3O4. The number of carbonyl (C=O) groups excluding carboxylic acids is 1. The van der Waals surface area contributed by atoms with Crippen LogP contribution in [-0.4, -0.2) is 60.9 Å². The normalized spacial score (nSPS) is 23.2. The van der Waals surface area contributed by atoms with Crippen LogP contribution in [0, 0.1) is 0 Å². The van der Waals surface area contributed by atoms with Crippen LogP contribution in [0.3, 0.4) is 0 Å². The minimum atomic E-state index is -0.552. The fourth-order valence-electron chi connectivity index (χ4n) is 1.56. The van der Waals surface area contributed by atoms with Crippen molar-refractivity contribution in [1.82, 2.24) is 4.90 Å². The molecule has 0 bridgehead atoms. The summed E-state index contributed by atoms with van der Waals surface area (Å²) in [6.07, 6.45) is -0.241. The first-order valence-corrected chi connectivity index (χ1v) is 5.48. The molecule has 0 aliphatic carbocycles. The van der Waals surface area contributed by atoms with Crippen LogP contribution >= 0.6 is 0 Å². The minimum absolute atomic E-state index is 0.0953. The zero-order valence-corrected chi connectivity index (χ0v) is 10.1. The Bertz CT molecular complexity index is 289. The molecule has 0 radical (unpaired) electrons. The van der Waals surface area contributed by atoms with E-state index in [4.69, 9.17) is 20.4 Å². The van der Waals surface area contributed by atoms with E-state index < -0.39 is 6.10 Å². The zero-order chi connectivity index (χ0) is 12.8. The third-order valence-corrected chi connectivity index (χ3v) is 2.73. The van der Waals surface area contributed by atoms with Crippen LogP contribution in [0.4, 0.5) is 0 Å². The van der Waals surface area contributed by atoms with Crippen molar-refractivity contribution in [3.8, 4) is 0 Å². The molecule has 7 heteroatoms. The van der Waals surface area contributed by atoms with Crippen LogP contribution in [0.25, 0.3) is 0 Å². The number of nitrogens with zero attached hydrogens (tertiary/aromatic N) is 2. The summed E-state index contributed by atoms with van der Waals surface area (Å²) in [5.41, 5.74) is 5.40. The number of oxime groups is 1. The summed E-state index contributed by atoms with van der Waals surface area (Å²) in [5.74, 6) is -0.0547. The summed E-state index contributed by atoms with van der Waals surface area (Å²) in [7, 11) is 1.66. The number of rotatable bonds is 4. The van der Waals surface area contributed by atoms with Crippen LogP contribution in [-0.2, 0) is 14.3 Å². The van der Waals surface area contributed by atoms with Gasteiger partial charge in [0.15, 0.2) is 6.10 Å². The second-order valence-corrected chi connectivity index (χ2v) is 4.03. The third kappa shape index (κ3) is 3.86. The molecule has 1 saturated heterocycles. The predicted molar refractivity (Wildman–Crippen MR) is 60.8 cm³/mol. The maximum Gasteiger partial charge on any atom is 0.254 e. The van der Waals surface area contributed by atoms with E-state index in [1.807, 2.05) is 6.92 Å².